The fraction of sp³-hybridized carbons (Fsp3) is 0.278. The minimum absolute atomic E-state index is 0.105. The molecule has 1 saturated heterocycles. The van der Waals surface area contributed by atoms with Crippen LogP contribution in [0.15, 0.2) is 48.5 Å². The lowest BCUT2D eigenvalue weighted by Gasteiger charge is -2.17. The molecule has 0 bridgehead atoms. The number of carbonyl (C=O) groups is 1. The molecule has 0 radical (unpaired) electrons. The highest BCUT2D eigenvalue weighted by atomic mass is 16.6. The summed E-state index contributed by atoms with van der Waals surface area (Å²) in [4.78, 5) is 14.7. The van der Waals surface area contributed by atoms with Gasteiger partial charge in [0.1, 0.15) is 6.10 Å². The van der Waals surface area contributed by atoms with Gasteiger partial charge in [0.15, 0.2) is 0 Å². The molecular weight excluding hydrogens is 262 g/mol. The maximum Gasteiger partial charge on any atom is 0.258 e. The Bertz CT molecular complexity index is 740. The normalized spacial score (nSPS) is 28.0. The number of ether oxygens (including phenoxy) is 1. The summed E-state index contributed by atoms with van der Waals surface area (Å²) in [5.74, 6) is 0.542. The highest BCUT2D eigenvalue weighted by Gasteiger charge is 2.51. The number of anilines is 1. The third-order valence-electron chi connectivity index (χ3n) is 4.89. The zero-order valence-corrected chi connectivity index (χ0v) is 11.5. The van der Waals surface area contributed by atoms with Gasteiger partial charge in [-0.25, -0.2) is 0 Å². The molecule has 2 heterocycles. The van der Waals surface area contributed by atoms with Crippen LogP contribution in [0.2, 0.25) is 0 Å². The Balaban J connectivity index is 1.59. The van der Waals surface area contributed by atoms with Crippen LogP contribution in [-0.2, 0) is 4.74 Å². The van der Waals surface area contributed by atoms with Crippen molar-refractivity contribution in [1.29, 1.82) is 0 Å². The molecule has 0 aromatic heterocycles. The van der Waals surface area contributed by atoms with Crippen LogP contribution in [0.4, 0.5) is 5.69 Å². The van der Waals surface area contributed by atoms with Crippen LogP contribution in [0.5, 0.6) is 0 Å². The van der Waals surface area contributed by atoms with Crippen LogP contribution < -0.4 is 4.90 Å². The third-order valence-corrected chi connectivity index (χ3v) is 4.89. The van der Waals surface area contributed by atoms with Crippen molar-refractivity contribution in [3.63, 3.8) is 0 Å². The number of fused-ring (bicyclic) bond motifs is 2. The van der Waals surface area contributed by atoms with E-state index in [-0.39, 0.29) is 12.0 Å². The van der Waals surface area contributed by atoms with Crippen LogP contribution in [0.1, 0.15) is 39.9 Å². The summed E-state index contributed by atoms with van der Waals surface area (Å²) in [5, 5.41) is 0. The largest absolute Gasteiger partial charge is 0.364 e. The zero-order chi connectivity index (χ0) is 14.0. The highest BCUT2D eigenvalue weighted by Crippen LogP contribution is 2.56. The molecule has 2 aromatic carbocycles. The van der Waals surface area contributed by atoms with Gasteiger partial charge < -0.3 is 9.64 Å². The van der Waals surface area contributed by atoms with Crippen molar-refractivity contribution in [1.82, 2.24) is 0 Å². The van der Waals surface area contributed by atoms with Crippen molar-refractivity contribution in [2.75, 3.05) is 11.4 Å². The van der Waals surface area contributed by atoms with Crippen molar-refractivity contribution >= 4 is 11.6 Å². The second-order valence-corrected chi connectivity index (χ2v) is 6.09. The molecule has 3 nitrogen and oxygen atoms in total. The number of rotatable bonds is 1. The van der Waals surface area contributed by atoms with Crippen LogP contribution in [-0.4, -0.2) is 18.6 Å². The van der Waals surface area contributed by atoms with E-state index in [2.05, 4.69) is 12.1 Å². The summed E-state index contributed by atoms with van der Waals surface area (Å²) in [6, 6.07) is 15.8. The van der Waals surface area contributed by atoms with Crippen molar-refractivity contribution in [3.05, 3.63) is 65.2 Å². The summed E-state index contributed by atoms with van der Waals surface area (Å²) in [6.07, 6.45) is 1.71. The summed E-state index contributed by atoms with van der Waals surface area (Å²) in [6.45, 7) is 0.784. The number of hydrogen-bond donors (Lipinski definition) is 0. The van der Waals surface area contributed by atoms with E-state index in [1.54, 1.807) is 0 Å². The van der Waals surface area contributed by atoms with Crippen LogP contribution >= 0.6 is 0 Å². The van der Waals surface area contributed by atoms with Crippen molar-refractivity contribution < 1.29 is 9.53 Å². The molecule has 0 spiro atoms. The molecule has 1 fully saturated rings. The number of epoxide rings is 1. The molecule has 1 aliphatic carbocycles. The van der Waals surface area contributed by atoms with Gasteiger partial charge in [0, 0.05) is 23.7 Å². The Morgan fingerprint density at radius 3 is 2.81 bits per heavy atom. The topological polar surface area (TPSA) is 32.8 Å². The number of hydrogen-bond acceptors (Lipinski definition) is 2. The SMILES string of the molecule is O=C(c1ccccc1)N1C[C@H]2C[C@H]3O[C@H]3c3cccc1c32. The average Bonchev–Trinajstić information content (AvgIpc) is 3.23. The van der Waals surface area contributed by atoms with E-state index in [0.717, 1.165) is 24.2 Å². The van der Waals surface area contributed by atoms with Crippen LogP contribution in [0, 0.1) is 0 Å². The fourth-order valence-corrected chi connectivity index (χ4v) is 3.91. The Labute approximate surface area is 123 Å². The maximum absolute atomic E-state index is 12.8. The van der Waals surface area contributed by atoms with Gasteiger partial charge in [0.05, 0.1) is 6.10 Å². The van der Waals surface area contributed by atoms with Gasteiger partial charge in [0.25, 0.3) is 5.91 Å². The van der Waals surface area contributed by atoms with Crippen molar-refractivity contribution in [2.24, 2.45) is 0 Å². The van der Waals surface area contributed by atoms with E-state index in [1.165, 1.54) is 11.1 Å². The van der Waals surface area contributed by atoms with Gasteiger partial charge in [-0.15, -0.1) is 0 Å². The van der Waals surface area contributed by atoms with E-state index in [0.29, 0.717) is 12.0 Å². The van der Waals surface area contributed by atoms with E-state index in [1.807, 2.05) is 41.3 Å². The fourth-order valence-electron chi connectivity index (χ4n) is 3.91. The molecule has 0 N–H and O–H groups in total. The second-order valence-electron chi connectivity index (χ2n) is 6.09. The lowest BCUT2D eigenvalue weighted by Crippen LogP contribution is -2.30. The maximum atomic E-state index is 12.8. The molecule has 3 aliphatic rings. The predicted octanol–water partition coefficient (Wildman–Crippen LogP) is 3.27. The van der Waals surface area contributed by atoms with E-state index >= 15 is 0 Å². The van der Waals surface area contributed by atoms with Crippen molar-refractivity contribution in [3.8, 4) is 0 Å². The van der Waals surface area contributed by atoms with Gasteiger partial charge in [-0.3, -0.25) is 4.79 Å². The van der Waals surface area contributed by atoms with Crippen LogP contribution in [0.3, 0.4) is 0 Å². The Kier molecular flexibility index (Phi) is 2.17. The van der Waals surface area contributed by atoms with E-state index in [4.69, 9.17) is 4.74 Å². The first kappa shape index (κ1) is 11.5. The van der Waals surface area contributed by atoms with E-state index in [9.17, 15) is 4.79 Å². The predicted molar refractivity (Wildman–Crippen MR) is 79.5 cm³/mol. The Morgan fingerprint density at radius 2 is 1.95 bits per heavy atom. The van der Waals surface area contributed by atoms with E-state index < -0.39 is 0 Å². The molecule has 3 atom stereocenters. The van der Waals surface area contributed by atoms with Crippen molar-refractivity contribution in [2.45, 2.75) is 24.5 Å². The zero-order valence-electron chi connectivity index (χ0n) is 11.5. The number of carbonyl (C=O) groups excluding carboxylic acids is 1. The monoisotopic (exact) mass is 277 g/mol. The number of benzene rings is 2. The molecule has 0 unspecified atom stereocenters. The molecule has 0 saturated carbocycles. The Morgan fingerprint density at radius 1 is 1.10 bits per heavy atom. The first-order valence-corrected chi connectivity index (χ1v) is 7.48. The lowest BCUT2D eigenvalue weighted by atomic mass is 9.84. The molecular formula is C18H15NO2. The first-order valence-electron chi connectivity index (χ1n) is 7.48. The minimum atomic E-state index is 0.105. The minimum Gasteiger partial charge on any atom is -0.364 e. The van der Waals surface area contributed by atoms with Crippen LogP contribution in [0.25, 0.3) is 0 Å². The van der Waals surface area contributed by atoms with Gasteiger partial charge in [-0.1, -0.05) is 30.3 Å². The third kappa shape index (κ3) is 1.55. The molecule has 5 rings (SSSR count). The van der Waals surface area contributed by atoms with Gasteiger partial charge in [-0.2, -0.15) is 0 Å². The lowest BCUT2D eigenvalue weighted by molar-refractivity contribution is 0.0987. The van der Waals surface area contributed by atoms with Gasteiger partial charge >= 0.3 is 0 Å². The standard InChI is InChI=1S/C18H15NO2/c20-18(11-5-2-1-3-6-11)19-10-12-9-15-17(21-15)13-7-4-8-14(19)16(12)13/h1-8,12,15,17H,9-10H2/t12-,15-,17+/m1/s1. The van der Waals surface area contributed by atoms with Gasteiger partial charge in [-0.05, 0) is 35.7 Å². The molecule has 2 aliphatic heterocycles. The first-order chi connectivity index (χ1) is 10.3. The average molecular weight is 277 g/mol. The molecule has 21 heavy (non-hydrogen) atoms. The summed E-state index contributed by atoms with van der Waals surface area (Å²) in [7, 11) is 0. The second kappa shape index (κ2) is 3.95. The summed E-state index contributed by atoms with van der Waals surface area (Å²) < 4.78 is 5.74. The number of amides is 1. The summed E-state index contributed by atoms with van der Waals surface area (Å²) in [5.41, 5.74) is 4.49. The molecule has 2 aromatic rings. The summed E-state index contributed by atoms with van der Waals surface area (Å²) >= 11 is 0. The van der Waals surface area contributed by atoms with Gasteiger partial charge in [0.2, 0.25) is 0 Å². The molecule has 1 amide bonds. The highest BCUT2D eigenvalue weighted by molar-refractivity contribution is 6.07. The quantitative estimate of drug-likeness (QED) is 0.749. The number of nitrogens with zero attached hydrogens (tertiary/aromatic N) is 1. The smallest absolute Gasteiger partial charge is 0.258 e. The Hall–Kier alpha value is -2.13. The molecule has 104 valence electrons. The molecule has 3 heteroatoms.